The normalized spacial score (nSPS) is 13.9. The van der Waals surface area contributed by atoms with E-state index in [0.717, 1.165) is 60.2 Å². The maximum absolute atomic E-state index is 12.6. The van der Waals surface area contributed by atoms with Gasteiger partial charge in [0, 0.05) is 44.4 Å². The van der Waals surface area contributed by atoms with E-state index in [1.165, 1.54) is 0 Å². The number of imidazole rings is 1. The van der Waals surface area contributed by atoms with Crippen molar-refractivity contribution in [1.29, 1.82) is 0 Å². The predicted molar refractivity (Wildman–Crippen MR) is 129 cm³/mol. The zero-order valence-corrected chi connectivity index (χ0v) is 18.5. The van der Waals surface area contributed by atoms with Crippen LogP contribution in [0.15, 0.2) is 72.9 Å². The third kappa shape index (κ3) is 4.88. The quantitative estimate of drug-likeness (QED) is 0.475. The summed E-state index contributed by atoms with van der Waals surface area (Å²) in [5.74, 6) is 1.82. The Hall–Kier alpha value is -3.71. The number of aromatic nitrogens is 3. The van der Waals surface area contributed by atoms with E-state index >= 15 is 0 Å². The van der Waals surface area contributed by atoms with Crippen molar-refractivity contribution in [2.75, 3.05) is 31.2 Å². The maximum atomic E-state index is 12.6. The number of amides is 1. The van der Waals surface area contributed by atoms with Crippen molar-refractivity contribution in [2.45, 2.75) is 19.4 Å². The Kier molecular flexibility index (Phi) is 6.30. The van der Waals surface area contributed by atoms with Gasteiger partial charge in [0.25, 0.3) is 0 Å². The van der Waals surface area contributed by atoms with E-state index < -0.39 is 0 Å². The Morgan fingerprint density at radius 3 is 2.64 bits per heavy atom. The lowest BCUT2D eigenvalue weighted by molar-refractivity contribution is -0.121. The fourth-order valence-electron chi connectivity index (χ4n) is 4.16. The van der Waals surface area contributed by atoms with Crippen LogP contribution in [0.1, 0.15) is 17.8 Å². The summed E-state index contributed by atoms with van der Waals surface area (Å²) in [6, 6.07) is 22.2. The number of nitrogens with zero attached hydrogens (tertiary/aromatic N) is 4. The molecule has 0 saturated carbocycles. The number of fused-ring (bicyclic) bond motifs is 1. The molecule has 5 rings (SSSR count). The summed E-state index contributed by atoms with van der Waals surface area (Å²) in [5, 5.41) is 3.05. The van der Waals surface area contributed by atoms with E-state index in [0.29, 0.717) is 19.4 Å². The Bertz CT molecular complexity index is 1230. The summed E-state index contributed by atoms with van der Waals surface area (Å²) in [7, 11) is 0. The maximum Gasteiger partial charge on any atom is 0.220 e. The third-order valence-electron chi connectivity index (χ3n) is 5.85. The second-order valence-corrected chi connectivity index (χ2v) is 8.09. The van der Waals surface area contributed by atoms with Crippen molar-refractivity contribution in [2.24, 2.45) is 0 Å². The van der Waals surface area contributed by atoms with Crippen molar-refractivity contribution >= 4 is 22.8 Å². The second kappa shape index (κ2) is 9.83. The molecule has 4 aromatic rings. The van der Waals surface area contributed by atoms with Crippen molar-refractivity contribution in [3.8, 4) is 5.69 Å². The first-order valence-electron chi connectivity index (χ1n) is 11.3. The summed E-state index contributed by atoms with van der Waals surface area (Å²) in [4.78, 5) is 24.1. The zero-order chi connectivity index (χ0) is 22.5. The molecule has 7 nitrogen and oxygen atoms in total. The number of hydrogen-bond acceptors (Lipinski definition) is 5. The van der Waals surface area contributed by atoms with Gasteiger partial charge in [-0.05, 0) is 42.0 Å². The molecule has 0 atom stereocenters. The van der Waals surface area contributed by atoms with Gasteiger partial charge in [-0.25, -0.2) is 9.97 Å². The van der Waals surface area contributed by atoms with Gasteiger partial charge in [-0.3, -0.25) is 9.36 Å². The minimum atomic E-state index is 0.00593. The molecule has 33 heavy (non-hydrogen) atoms. The molecule has 1 fully saturated rings. The van der Waals surface area contributed by atoms with Gasteiger partial charge in [0.1, 0.15) is 11.6 Å². The summed E-state index contributed by atoms with van der Waals surface area (Å²) in [5.41, 5.74) is 4.07. The lowest BCUT2D eigenvalue weighted by Crippen LogP contribution is -2.36. The molecule has 1 saturated heterocycles. The highest BCUT2D eigenvalue weighted by atomic mass is 16.5. The number of carbonyl (C=O) groups is 1. The molecule has 1 aliphatic heterocycles. The van der Waals surface area contributed by atoms with Crippen molar-refractivity contribution in [3.05, 3.63) is 84.3 Å². The van der Waals surface area contributed by atoms with Crippen LogP contribution in [0.3, 0.4) is 0 Å². The zero-order valence-electron chi connectivity index (χ0n) is 18.5. The molecule has 1 amide bonds. The van der Waals surface area contributed by atoms with E-state index in [2.05, 4.69) is 38.0 Å². The number of para-hydroxylation sites is 3. The van der Waals surface area contributed by atoms with Gasteiger partial charge >= 0.3 is 0 Å². The molecule has 0 spiro atoms. The van der Waals surface area contributed by atoms with E-state index in [9.17, 15) is 4.79 Å². The first-order valence-corrected chi connectivity index (χ1v) is 11.3. The number of morpholine rings is 1. The van der Waals surface area contributed by atoms with Crippen LogP contribution in [0.25, 0.3) is 16.7 Å². The summed E-state index contributed by atoms with van der Waals surface area (Å²) < 4.78 is 7.56. The number of pyridine rings is 1. The largest absolute Gasteiger partial charge is 0.378 e. The van der Waals surface area contributed by atoms with Gasteiger partial charge in [-0.15, -0.1) is 0 Å². The van der Waals surface area contributed by atoms with Gasteiger partial charge in [0.05, 0.1) is 24.2 Å². The number of benzene rings is 2. The van der Waals surface area contributed by atoms with Crippen LogP contribution in [-0.4, -0.2) is 46.7 Å². The number of aryl methyl sites for hydroxylation is 1. The number of hydrogen-bond donors (Lipinski definition) is 1. The molecule has 1 aliphatic rings. The van der Waals surface area contributed by atoms with E-state index in [1.54, 1.807) is 6.20 Å². The van der Waals surface area contributed by atoms with E-state index in [-0.39, 0.29) is 5.91 Å². The van der Waals surface area contributed by atoms with Gasteiger partial charge < -0.3 is 15.0 Å². The minimum absolute atomic E-state index is 0.00593. The molecule has 0 unspecified atom stereocenters. The smallest absolute Gasteiger partial charge is 0.220 e. The molecule has 2 aromatic carbocycles. The third-order valence-corrected chi connectivity index (χ3v) is 5.85. The highest BCUT2D eigenvalue weighted by Gasteiger charge is 2.15. The molecule has 0 aliphatic carbocycles. The molecular weight excluding hydrogens is 414 g/mol. The lowest BCUT2D eigenvalue weighted by Gasteiger charge is -2.28. The standard InChI is InChI=1S/C26H27N5O2/c32-26(28-19-20-12-13-27-25(18-20)30-14-16-33-17-15-30)11-10-24-29-22-8-4-5-9-23(22)31(24)21-6-2-1-3-7-21/h1-9,12-13,18H,10-11,14-17,19H2,(H,28,32). The first-order chi connectivity index (χ1) is 16.3. The monoisotopic (exact) mass is 441 g/mol. The van der Waals surface area contributed by atoms with Gasteiger partial charge in [-0.2, -0.15) is 0 Å². The van der Waals surface area contributed by atoms with Gasteiger partial charge in [-0.1, -0.05) is 30.3 Å². The van der Waals surface area contributed by atoms with Crippen molar-refractivity contribution < 1.29 is 9.53 Å². The number of rotatable bonds is 7. The minimum Gasteiger partial charge on any atom is -0.378 e. The van der Waals surface area contributed by atoms with Crippen LogP contribution in [-0.2, 0) is 22.5 Å². The second-order valence-electron chi connectivity index (χ2n) is 8.09. The molecule has 2 aromatic heterocycles. The summed E-state index contributed by atoms with van der Waals surface area (Å²) >= 11 is 0. The first kappa shape index (κ1) is 21.2. The number of ether oxygens (including phenoxy) is 1. The lowest BCUT2D eigenvalue weighted by atomic mass is 10.2. The molecule has 0 bridgehead atoms. The summed E-state index contributed by atoms with van der Waals surface area (Å²) in [6.45, 7) is 3.59. The molecule has 168 valence electrons. The van der Waals surface area contributed by atoms with Crippen LogP contribution < -0.4 is 10.2 Å². The Morgan fingerprint density at radius 2 is 1.79 bits per heavy atom. The Morgan fingerprint density at radius 1 is 1.00 bits per heavy atom. The number of anilines is 1. The van der Waals surface area contributed by atoms with Crippen LogP contribution in [0.4, 0.5) is 5.82 Å². The molecule has 0 radical (unpaired) electrons. The molecule has 1 N–H and O–H groups in total. The molecular formula is C26H27N5O2. The van der Waals surface area contributed by atoms with Crippen LogP contribution >= 0.6 is 0 Å². The average molecular weight is 442 g/mol. The highest BCUT2D eigenvalue weighted by molar-refractivity contribution is 5.79. The van der Waals surface area contributed by atoms with Gasteiger partial charge in [0.15, 0.2) is 0 Å². The van der Waals surface area contributed by atoms with Crippen molar-refractivity contribution in [3.63, 3.8) is 0 Å². The molecule has 7 heteroatoms. The average Bonchev–Trinajstić information content (AvgIpc) is 3.26. The fourth-order valence-corrected chi connectivity index (χ4v) is 4.16. The summed E-state index contributed by atoms with van der Waals surface area (Å²) in [6.07, 6.45) is 2.73. The number of carbonyl (C=O) groups excluding carboxylic acids is 1. The van der Waals surface area contributed by atoms with Gasteiger partial charge in [0.2, 0.25) is 5.91 Å². The molecule has 3 heterocycles. The Labute approximate surface area is 193 Å². The van der Waals surface area contributed by atoms with Crippen LogP contribution in [0.2, 0.25) is 0 Å². The van der Waals surface area contributed by atoms with E-state index in [4.69, 9.17) is 9.72 Å². The van der Waals surface area contributed by atoms with Crippen molar-refractivity contribution in [1.82, 2.24) is 19.9 Å². The predicted octanol–water partition coefficient (Wildman–Crippen LogP) is 3.51. The Balaban J connectivity index is 1.24. The van der Waals surface area contributed by atoms with Crippen LogP contribution in [0, 0.1) is 0 Å². The number of nitrogens with one attached hydrogen (secondary N) is 1. The topological polar surface area (TPSA) is 72.3 Å². The SMILES string of the molecule is O=C(CCc1nc2ccccc2n1-c1ccccc1)NCc1ccnc(N2CCOCC2)c1. The van der Waals surface area contributed by atoms with E-state index in [1.807, 2.05) is 48.5 Å². The van der Waals surface area contributed by atoms with Crippen LogP contribution in [0.5, 0.6) is 0 Å². The fraction of sp³-hybridized carbons (Fsp3) is 0.269. The highest BCUT2D eigenvalue weighted by Crippen LogP contribution is 2.22.